The highest BCUT2D eigenvalue weighted by atomic mass is 31.2. The molecule has 9 heteroatoms. The van der Waals surface area contributed by atoms with Gasteiger partial charge in [0.25, 0.3) is 7.82 Å². The van der Waals surface area contributed by atoms with Crippen molar-refractivity contribution in [1.82, 2.24) is 5.32 Å². The number of amides is 1. The number of hydrogen-bond acceptors (Lipinski definition) is 6. The molecule has 79 heavy (non-hydrogen) atoms. The number of carbonyl (C=O) groups is 1. The van der Waals surface area contributed by atoms with E-state index in [2.05, 4.69) is 129 Å². The van der Waals surface area contributed by atoms with Crippen molar-refractivity contribution < 1.29 is 32.9 Å². The predicted molar refractivity (Wildman–Crippen MR) is 343 cm³/mol. The quantitative estimate of drug-likeness (QED) is 0.0272. The van der Waals surface area contributed by atoms with Crippen LogP contribution in [0.15, 0.2) is 122 Å². The highest BCUT2D eigenvalue weighted by Crippen LogP contribution is 2.38. The fourth-order valence-electron chi connectivity index (χ4n) is 8.91. The van der Waals surface area contributed by atoms with Gasteiger partial charge in [-0.25, -0.2) is 0 Å². The minimum Gasteiger partial charge on any atom is -0.756 e. The van der Waals surface area contributed by atoms with Crippen LogP contribution < -0.4 is 10.2 Å². The van der Waals surface area contributed by atoms with Gasteiger partial charge in [-0.05, 0) is 89.9 Å². The van der Waals surface area contributed by atoms with E-state index < -0.39 is 26.6 Å². The summed E-state index contributed by atoms with van der Waals surface area (Å²) in [4.78, 5) is 25.6. The number of nitrogens with one attached hydrogen (secondary N) is 1. The second-order valence-electron chi connectivity index (χ2n) is 22.7. The maximum absolute atomic E-state index is 13.0. The lowest BCUT2D eigenvalue weighted by molar-refractivity contribution is -0.870. The van der Waals surface area contributed by atoms with Crippen molar-refractivity contribution in [1.29, 1.82) is 0 Å². The number of unbranched alkanes of at least 4 members (excludes halogenated alkanes) is 27. The molecule has 3 atom stereocenters. The van der Waals surface area contributed by atoms with Crippen LogP contribution in [0.5, 0.6) is 0 Å². The number of quaternary nitrogens is 1. The molecule has 0 aromatic rings. The monoisotopic (exact) mass is 1120 g/mol. The van der Waals surface area contributed by atoms with Crippen LogP contribution in [0.2, 0.25) is 0 Å². The Hall–Kier alpha value is -3.10. The normalized spacial score (nSPS) is 14.6. The van der Waals surface area contributed by atoms with E-state index in [1.54, 1.807) is 6.08 Å². The highest BCUT2D eigenvalue weighted by molar-refractivity contribution is 7.45. The van der Waals surface area contributed by atoms with Crippen molar-refractivity contribution in [3.05, 3.63) is 122 Å². The molecule has 0 spiro atoms. The molecule has 0 aromatic heterocycles. The number of aliphatic hydroxyl groups is 1. The van der Waals surface area contributed by atoms with Gasteiger partial charge in [-0.2, -0.15) is 0 Å². The van der Waals surface area contributed by atoms with Crippen LogP contribution in [0.4, 0.5) is 0 Å². The van der Waals surface area contributed by atoms with Gasteiger partial charge in [-0.3, -0.25) is 9.36 Å². The molecule has 0 rings (SSSR count). The average Bonchev–Trinajstić information content (AvgIpc) is 3.42. The zero-order valence-corrected chi connectivity index (χ0v) is 52.7. The van der Waals surface area contributed by atoms with E-state index in [-0.39, 0.29) is 12.5 Å². The number of nitrogens with zero attached hydrogens (tertiary/aromatic N) is 1. The smallest absolute Gasteiger partial charge is 0.268 e. The Morgan fingerprint density at radius 1 is 0.456 bits per heavy atom. The van der Waals surface area contributed by atoms with E-state index >= 15 is 0 Å². The average molecular weight is 1120 g/mol. The molecule has 0 aliphatic carbocycles. The van der Waals surface area contributed by atoms with Crippen LogP contribution in [-0.2, 0) is 18.4 Å². The predicted octanol–water partition coefficient (Wildman–Crippen LogP) is 19.9. The second-order valence-corrected chi connectivity index (χ2v) is 24.1. The third-order valence-electron chi connectivity index (χ3n) is 13.9. The third kappa shape index (κ3) is 62.4. The Bertz CT molecular complexity index is 1700. The Kier molecular flexibility index (Phi) is 57.2. The van der Waals surface area contributed by atoms with Crippen molar-refractivity contribution in [3.8, 4) is 0 Å². The van der Waals surface area contributed by atoms with Gasteiger partial charge in [-0.15, -0.1) is 0 Å². The SMILES string of the molecule is CC/C=C\C/C=C\C/C=C\C/C=C\C/C=C\C/C=C\C/C=C\C/C=C\C/C=C\CCCCCCCCCC(=O)NC(COP(=O)([O-])OCC[N+](C)(C)C)C(O)/C=C/CCCCCCCCCCCCCCCCCCCCCC. The molecule has 454 valence electrons. The largest absolute Gasteiger partial charge is 0.756 e. The summed E-state index contributed by atoms with van der Waals surface area (Å²) in [5, 5.41) is 13.9. The number of carbonyl (C=O) groups excluding carboxylic acids is 1. The first kappa shape index (κ1) is 75.9. The molecule has 2 N–H and O–H groups in total. The maximum Gasteiger partial charge on any atom is 0.268 e. The molecule has 0 radical (unpaired) electrons. The van der Waals surface area contributed by atoms with Gasteiger partial charge < -0.3 is 28.8 Å². The Balaban J connectivity index is 4.21. The summed E-state index contributed by atoms with van der Waals surface area (Å²) in [5.41, 5.74) is 0. The van der Waals surface area contributed by atoms with Gasteiger partial charge in [0.15, 0.2) is 0 Å². The fourth-order valence-corrected chi connectivity index (χ4v) is 9.63. The first-order valence-electron chi connectivity index (χ1n) is 32.4. The standard InChI is InChI=1S/C70H123N2O6P/c1-6-8-10-12-14-16-18-20-22-24-26-28-30-31-32-33-34-35-36-37-38-39-40-41-42-44-46-48-50-52-54-56-58-60-62-64-70(74)71-68(67-78-79(75,76)77-66-65-72(3,4)5)69(73)63-61-59-57-55-53-51-49-47-45-43-29-27-25-23-21-19-17-15-13-11-9-7-2/h8,10,14,16,20,22,26,28,31-32,34-35,37-38,40-41,44,46,61,63,68-69,73H,6-7,9,11-13,15,17-19,21,23-25,27,29-30,33,36,39,42-43,45,47-60,62,64-67H2,1-5H3,(H-,71,74,75,76)/b10-8-,16-14-,22-20-,28-26-,32-31-,35-34-,38-37-,41-40-,46-44-,63-61+. The molecular weight excluding hydrogens is 996 g/mol. The van der Waals surface area contributed by atoms with Gasteiger partial charge in [0, 0.05) is 6.42 Å². The van der Waals surface area contributed by atoms with Crippen molar-refractivity contribution in [2.75, 3.05) is 40.9 Å². The fraction of sp³-hybridized carbons (Fsp3) is 0.700. The van der Waals surface area contributed by atoms with Crippen molar-refractivity contribution in [3.63, 3.8) is 0 Å². The van der Waals surface area contributed by atoms with E-state index in [9.17, 15) is 19.4 Å². The van der Waals surface area contributed by atoms with Gasteiger partial charge in [0.05, 0.1) is 39.9 Å². The number of aliphatic hydroxyl groups excluding tert-OH is 1. The Morgan fingerprint density at radius 3 is 1.13 bits per heavy atom. The zero-order chi connectivity index (χ0) is 57.7. The number of allylic oxidation sites excluding steroid dienone is 19. The summed E-state index contributed by atoms with van der Waals surface area (Å²) >= 11 is 0. The Morgan fingerprint density at radius 2 is 0.772 bits per heavy atom. The second kappa shape index (κ2) is 59.5. The molecule has 8 nitrogen and oxygen atoms in total. The molecule has 0 fully saturated rings. The van der Waals surface area contributed by atoms with Gasteiger partial charge >= 0.3 is 0 Å². The molecule has 0 aliphatic rings. The molecule has 3 unspecified atom stereocenters. The summed E-state index contributed by atoms with van der Waals surface area (Å²) in [6, 6.07) is -0.903. The van der Waals surface area contributed by atoms with Gasteiger partial charge in [0.2, 0.25) is 5.91 Å². The van der Waals surface area contributed by atoms with Crippen LogP contribution in [0.3, 0.4) is 0 Å². The van der Waals surface area contributed by atoms with Gasteiger partial charge in [0.1, 0.15) is 13.2 Å². The lowest BCUT2D eigenvalue weighted by atomic mass is 10.0. The maximum atomic E-state index is 13.0. The minimum absolute atomic E-state index is 0.00904. The summed E-state index contributed by atoms with van der Waals surface area (Å²) in [5.74, 6) is -0.211. The van der Waals surface area contributed by atoms with E-state index in [4.69, 9.17) is 9.05 Å². The minimum atomic E-state index is -4.61. The number of rotatable bonds is 58. The third-order valence-corrected chi connectivity index (χ3v) is 14.9. The zero-order valence-electron chi connectivity index (χ0n) is 51.8. The van der Waals surface area contributed by atoms with Crippen LogP contribution in [0.25, 0.3) is 0 Å². The Labute approximate surface area is 488 Å². The van der Waals surface area contributed by atoms with Crippen molar-refractivity contribution >= 4 is 13.7 Å². The molecule has 0 bridgehead atoms. The lowest BCUT2D eigenvalue weighted by Gasteiger charge is -2.29. The lowest BCUT2D eigenvalue weighted by Crippen LogP contribution is -2.45. The number of phosphoric ester groups is 1. The molecule has 1 amide bonds. The molecule has 0 saturated heterocycles. The van der Waals surface area contributed by atoms with Crippen molar-refractivity contribution in [2.45, 2.75) is 276 Å². The molecule has 0 aliphatic heterocycles. The van der Waals surface area contributed by atoms with Crippen LogP contribution in [0.1, 0.15) is 264 Å². The molecule has 0 aromatic carbocycles. The first-order valence-corrected chi connectivity index (χ1v) is 33.9. The van der Waals surface area contributed by atoms with Crippen LogP contribution >= 0.6 is 7.82 Å². The summed E-state index contributed by atoms with van der Waals surface area (Å²) < 4.78 is 23.4. The molecule has 0 heterocycles. The van der Waals surface area contributed by atoms with E-state index in [1.807, 2.05) is 27.2 Å². The number of hydrogen-bond donors (Lipinski definition) is 2. The van der Waals surface area contributed by atoms with Crippen LogP contribution in [-0.4, -0.2) is 68.5 Å². The summed E-state index contributed by atoms with van der Waals surface area (Å²) in [6.45, 7) is 4.54. The highest BCUT2D eigenvalue weighted by Gasteiger charge is 2.23. The number of phosphoric acid groups is 1. The first-order chi connectivity index (χ1) is 38.5. The summed E-state index contributed by atoms with van der Waals surface area (Å²) in [6.07, 6.45) is 88.6. The van der Waals surface area contributed by atoms with Gasteiger partial charge in [-0.1, -0.05) is 289 Å². The van der Waals surface area contributed by atoms with E-state index in [0.717, 1.165) is 109 Å². The summed E-state index contributed by atoms with van der Waals surface area (Å²) in [7, 11) is 1.24. The number of likely N-dealkylation sites (N-methyl/N-ethyl adjacent to an activating group) is 1. The van der Waals surface area contributed by atoms with E-state index in [1.165, 1.54) is 135 Å². The topological polar surface area (TPSA) is 108 Å². The van der Waals surface area contributed by atoms with E-state index in [0.29, 0.717) is 17.4 Å². The molecular formula is C70H123N2O6P. The van der Waals surface area contributed by atoms with Crippen LogP contribution in [0, 0.1) is 0 Å². The van der Waals surface area contributed by atoms with Crippen molar-refractivity contribution in [2.24, 2.45) is 0 Å². The molecule has 0 saturated carbocycles.